The molecule has 1 atom stereocenters. The van der Waals surface area contributed by atoms with Crippen molar-refractivity contribution >= 4 is 29.1 Å². The van der Waals surface area contributed by atoms with Crippen LogP contribution in [0.4, 0.5) is 10.1 Å². The lowest BCUT2D eigenvalue weighted by Crippen LogP contribution is -2.33. The van der Waals surface area contributed by atoms with Crippen LogP contribution in [0.1, 0.15) is 6.42 Å². The minimum atomic E-state index is -0.811. The van der Waals surface area contributed by atoms with Crippen molar-refractivity contribution in [2.45, 2.75) is 6.42 Å². The maximum Gasteiger partial charge on any atom is 0.239 e. The van der Waals surface area contributed by atoms with E-state index in [0.717, 1.165) is 0 Å². The van der Waals surface area contributed by atoms with Gasteiger partial charge >= 0.3 is 0 Å². The van der Waals surface area contributed by atoms with Crippen LogP contribution >= 0.6 is 11.6 Å². The lowest BCUT2D eigenvalue weighted by molar-refractivity contribution is -0.130. The second kappa shape index (κ2) is 4.33. The normalized spacial score (nSPS) is 19.8. The van der Waals surface area contributed by atoms with E-state index in [9.17, 15) is 14.0 Å². The Morgan fingerprint density at radius 1 is 1.53 bits per heavy atom. The van der Waals surface area contributed by atoms with E-state index in [0.29, 0.717) is 18.7 Å². The highest BCUT2D eigenvalue weighted by Gasteiger charge is 2.36. The molecule has 2 amide bonds. The highest BCUT2D eigenvalue weighted by atomic mass is 35.5. The van der Waals surface area contributed by atoms with E-state index < -0.39 is 17.6 Å². The number of carbonyl (C=O) groups excluding carboxylic acids is 2. The molecule has 0 spiro atoms. The Hall–Kier alpha value is -1.62. The summed E-state index contributed by atoms with van der Waals surface area (Å²) in [4.78, 5) is 24.1. The lowest BCUT2D eigenvalue weighted by atomic mass is 10.1. The number of amides is 2. The van der Waals surface area contributed by atoms with Gasteiger partial charge in [0.05, 0.1) is 5.02 Å². The van der Waals surface area contributed by atoms with E-state index in [-0.39, 0.29) is 10.9 Å². The van der Waals surface area contributed by atoms with E-state index in [1.165, 1.54) is 23.1 Å². The standard InChI is InChI=1S/C11H10ClFN2O2/c12-8-2-1-6(5-9(8)13)15-4-3-7(10(14)16)11(15)17/h1-2,5,7H,3-4H2,(H2,14,16). The Morgan fingerprint density at radius 2 is 2.24 bits per heavy atom. The van der Waals surface area contributed by atoms with Crippen LogP contribution in [0.2, 0.25) is 5.02 Å². The first-order valence-corrected chi connectivity index (χ1v) is 5.44. The molecule has 1 aliphatic rings. The van der Waals surface area contributed by atoms with Crippen molar-refractivity contribution in [1.29, 1.82) is 0 Å². The fourth-order valence-electron chi connectivity index (χ4n) is 1.85. The fourth-order valence-corrected chi connectivity index (χ4v) is 1.97. The molecule has 17 heavy (non-hydrogen) atoms. The Morgan fingerprint density at radius 3 is 2.76 bits per heavy atom. The monoisotopic (exact) mass is 256 g/mol. The summed E-state index contributed by atoms with van der Waals surface area (Å²) in [5, 5.41) is -0.00755. The van der Waals surface area contributed by atoms with Crippen LogP contribution in [0.15, 0.2) is 18.2 Å². The molecule has 6 heteroatoms. The van der Waals surface area contributed by atoms with Crippen LogP contribution in [0, 0.1) is 11.7 Å². The van der Waals surface area contributed by atoms with Crippen LogP contribution < -0.4 is 10.6 Å². The summed E-state index contributed by atoms with van der Waals surface area (Å²) in [6.45, 7) is 0.355. The first-order valence-electron chi connectivity index (χ1n) is 5.06. The molecule has 0 saturated carbocycles. The van der Waals surface area contributed by atoms with Gasteiger partial charge in [-0.1, -0.05) is 11.6 Å². The molecule has 4 nitrogen and oxygen atoms in total. The van der Waals surface area contributed by atoms with Crippen LogP contribution in [0.3, 0.4) is 0 Å². The second-order valence-corrected chi connectivity index (χ2v) is 4.24. The van der Waals surface area contributed by atoms with Gasteiger partial charge in [-0.05, 0) is 24.6 Å². The average Bonchev–Trinajstić information content (AvgIpc) is 2.64. The van der Waals surface area contributed by atoms with Crippen molar-refractivity contribution in [3.05, 3.63) is 29.0 Å². The Labute approximate surface area is 102 Å². The number of hydrogen-bond donors (Lipinski definition) is 1. The number of rotatable bonds is 2. The smallest absolute Gasteiger partial charge is 0.239 e. The summed E-state index contributed by atoms with van der Waals surface area (Å²) in [5.41, 5.74) is 5.49. The summed E-state index contributed by atoms with van der Waals surface area (Å²) in [6, 6.07) is 4.08. The number of nitrogens with two attached hydrogens (primary N) is 1. The van der Waals surface area contributed by atoms with Gasteiger partial charge in [0.25, 0.3) is 0 Å². The Balaban J connectivity index is 2.27. The van der Waals surface area contributed by atoms with E-state index in [1.54, 1.807) is 0 Å². The fraction of sp³-hybridized carbons (Fsp3) is 0.273. The van der Waals surface area contributed by atoms with Gasteiger partial charge in [-0.3, -0.25) is 9.59 Å². The van der Waals surface area contributed by atoms with Crippen molar-refractivity contribution in [1.82, 2.24) is 0 Å². The van der Waals surface area contributed by atoms with Gasteiger partial charge in [0.1, 0.15) is 11.7 Å². The van der Waals surface area contributed by atoms with Crippen molar-refractivity contribution < 1.29 is 14.0 Å². The average molecular weight is 257 g/mol. The first kappa shape index (κ1) is 11.9. The molecule has 1 saturated heterocycles. The molecular formula is C11H10ClFN2O2. The van der Waals surface area contributed by atoms with Crippen molar-refractivity contribution in [2.75, 3.05) is 11.4 Å². The van der Waals surface area contributed by atoms with Gasteiger partial charge in [0.15, 0.2) is 0 Å². The predicted molar refractivity (Wildman–Crippen MR) is 61.1 cm³/mol. The molecule has 0 bridgehead atoms. The van der Waals surface area contributed by atoms with Gasteiger partial charge in [-0.25, -0.2) is 4.39 Å². The highest BCUT2D eigenvalue weighted by Crippen LogP contribution is 2.27. The van der Waals surface area contributed by atoms with Crippen LogP contribution in [0.25, 0.3) is 0 Å². The SMILES string of the molecule is NC(=O)C1CCN(c2ccc(Cl)c(F)c2)C1=O. The molecule has 1 fully saturated rings. The Bertz CT molecular complexity index is 492. The molecular weight excluding hydrogens is 247 g/mol. The van der Waals surface area contributed by atoms with E-state index >= 15 is 0 Å². The number of anilines is 1. The second-order valence-electron chi connectivity index (χ2n) is 3.83. The third-order valence-corrected chi connectivity index (χ3v) is 3.07. The summed E-state index contributed by atoms with van der Waals surface area (Å²) in [5.74, 6) is -2.45. The summed E-state index contributed by atoms with van der Waals surface area (Å²) in [6.07, 6.45) is 0.360. The zero-order valence-electron chi connectivity index (χ0n) is 8.82. The van der Waals surface area contributed by atoms with Gasteiger partial charge < -0.3 is 10.6 Å². The third-order valence-electron chi connectivity index (χ3n) is 2.76. The number of primary amides is 1. The van der Waals surface area contributed by atoms with Crippen LogP contribution in [-0.2, 0) is 9.59 Å². The van der Waals surface area contributed by atoms with E-state index in [1.807, 2.05) is 0 Å². The molecule has 1 heterocycles. The largest absolute Gasteiger partial charge is 0.369 e. The molecule has 1 aromatic rings. The van der Waals surface area contributed by atoms with Crippen molar-refractivity contribution in [3.8, 4) is 0 Å². The molecule has 0 radical (unpaired) electrons. The molecule has 2 rings (SSSR count). The minimum Gasteiger partial charge on any atom is -0.369 e. The molecule has 1 unspecified atom stereocenters. The van der Waals surface area contributed by atoms with E-state index in [4.69, 9.17) is 17.3 Å². The zero-order valence-corrected chi connectivity index (χ0v) is 9.58. The van der Waals surface area contributed by atoms with E-state index in [2.05, 4.69) is 0 Å². The topological polar surface area (TPSA) is 63.4 Å². The van der Waals surface area contributed by atoms with Gasteiger partial charge in [0, 0.05) is 12.2 Å². The summed E-state index contributed by atoms with van der Waals surface area (Å²) >= 11 is 5.55. The highest BCUT2D eigenvalue weighted by molar-refractivity contribution is 6.30. The molecule has 1 aromatic carbocycles. The summed E-state index contributed by atoms with van der Waals surface area (Å²) < 4.78 is 13.3. The minimum absolute atomic E-state index is 0.00755. The Kier molecular flexibility index (Phi) is 3.02. The van der Waals surface area contributed by atoms with Crippen molar-refractivity contribution in [3.63, 3.8) is 0 Å². The first-order chi connectivity index (χ1) is 8.00. The summed E-state index contributed by atoms with van der Waals surface area (Å²) in [7, 11) is 0. The van der Waals surface area contributed by atoms with Gasteiger partial charge in [-0.15, -0.1) is 0 Å². The predicted octanol–water partition coefficient (Wildman–Crippen LogP) is 1.32. The molecule has 0 aliphatic carbocycles. The molecule has 90 valence electrons. The zero-order chi connectivity index (χ0) is 12.6. The lowest BCUT2D eigenvalue weighted by Gasteiger charge is -2.16. The van der Waals surface area contributed by atoms with Gasteiger partial charge in [0.2, 0.25) is 11.8 Å². The molecule has 0 aromatic heterocycles. The number of benzene rings is 1. The van der Waals surface area contributed by atoms with Crippen LogP contribution in [-0.4, -0.2) is 18.4 Å². The number of nitrogens with zero attached hydrogens (tertiary/aromatic N) is 1. The number of hydrogen-bond acceptors (Lipinski definition) is 2. The van der Waals surface area contributed by atoms with Crippen molar-refractivity contribution in [2.24, 2.45) is 11.7 Å². The molecule has 2 N–H and O–H groups in total. The quantitative estimate of drug-likeness (QED) is 0.811. The number of halogens is 2. The third kappa shape index (κ3) is 2.10. The number of carbonyl (C=O) groups is 2. The van der Waals surface area contributed by atoms with Crippen LogP contribution in [0.5, 0.6) is 0 Å². The van der Waals surface area contributed by atoms with Gasteiger partial charge in [-0.2, -0.15) is 0 Å². The maximum atomic E-state index is 13.3. The maximum absolute atomic E-state index is 13.3. The molecule has 1 aliphatic heterocycles.